The molecule has 1 aliphatic heterocycles. The molecule has 0 spiro atoms. The summed E-state index contributed by atoms with van der Waals surface area (Å²) >= 11 is 9.19. The van der Waals surface area contributed by atoms with E-state index in [0.29, 0.717) is 28.4 Å². The van der Waals surface area contributed by atoms with Crippen LogP contribution in [0, 0.1) is 0 Å². The maximum atomic E-state index is 12.7. The predicted molar refractivity (Wildman–Crippen MR) is 96.5 cm³/mol. The number of carbonyl (C=O) groups excluding carboxylic acids is 2. The molecule has 6 heteroatoms. The van der Waals surface area contributed by atoms with Gasteiger partial charge in [-0.3, -0.25) is 9.59 Å². The molecular formula is C18H15BrClNO3. The van der Waals surface area contributed by atoms with Gasteiger partial charge >= 0.3 is 0 Å². The van der Waals surface area contributed by atoms with Crippen molar-refractivity contribution in [3.63, 3.8) is 0 Å². The van der Waals surface area contributed by atoms with Gasteiger partial charge in [0, 0.05) is 27.2 Å². The molecule has 1 atom stereocenters. The average molecular weight is 409 g/mol. The zero-order valence-corrected chi connectivity index (χ0v) is 15.3. The van der Waals surface area contributed by atoms with Gasteiger partial charge in [-0.15, -0.1) is 0 Å². The molecule has 24 heavy (non-hydrogen) atoms. The van der Waals surface area contributed by atoms with E-state index < -0.39 is 11.5 Å². The number of ketones is 1. The minimum absolute atomic E-state index is 0.312. The molecule has 2 aromatic rings. The van der Waals surface area contributed by atoms with Gasteiger partial charge in [0.2, 0.25) is 0 Å². The van der Waals surface area contributed by atoms with Crippen molar-refractivity contribution in [1.82, 2.24) is 0 Å². The number of fused-ring (bicyclic) bond motifs is 1. The van der Waals surface area contributed by atoms with E-state index in [2.05, 4.69) is 15.9 Å². The first-order chi connectivity index (χ1) is 11.4. The van der Waals surface area contributed by atoms with Gasteiger partial charge in [0.05, 0.1) is 12.1 Å². The third kappa shape index (κ3) is 2.77. The van der Waals surface area contributed by atoms with Crippen molar-refractivity contribution in [2.75, 3.05) is 11.4 Å². The van der Waals surface area contributed by atoms with Crippen molar-refractivity contribution in [3.05, 3.63) is 63.1 Å². The number of nitrogens with zero attached hydrogens (tertiary/aromatic N) is 1. The maximum Gasteiger partial charge on any atom is 0.264 e. The molecule has 124 valence electrons. The Balaban J connectivity index is 2.00. The van der Waals surface area contributed by atoms with Crippen molar-refractivity contribution in [3.8, 4) is 0 Å². The molecule has 0 saturated carbocycles. The Labute approximate surface area is 153 Å². The Bertz CT molecular complexity index is 822. The van der Waals surface area contributed by atoms with Crippen molar-refractivity contribution < 1.29 is 14.7 Å². The standard InChI is InChI=1S/C18H15BrClNO3/c1-2-21-15-8-5-12(19)9-14(15)18(24,17(21)23)10-16(22)11-3-6-13(20)7-4-11/h3-9,24H,2,10H2,1H3/t18-/m1/s1. The van der Waals surface area contributed by atoms with Gasteiger partial charge in [-0.05, 0) is 49.4 Å². The van der Waals surface area contributed by atoms with Gasteiger partial charge < -0.3 is 10.0 Å². The summed E-state index contributed by atoms with van der Waals surface area (Å²) < 4.78 is 0.740. The number of benzene rings is 2. The van der Waals surface area contributed by atoms with Gasteiger partial charge in [-0.25, -0.2) is 0 Å². The van der Waals surface area contributed by atoms with Gasteiger partial charge in [0.25, 0.3) is 5.91 Å². The molecule has 1 N–H and O–H groups in total. The quantitative estimate of drug-likeness (QED) is 0.780. The van der Waals surface area contributed by atoms with E-state index in [-0.39, 0.29) is 12.2 Å². The van der Waals surface area contributed by atoms with Crippen LogP contribution in [0.3, 0.4) is 0 Å². The number of halogens is 2. The molecule has 1 heterocycles. The zero-order valence-electron chi connectivity index (χ0n) is 12.9. The largest absolute Gasteiger partial charge is 0.375 e. The second kappa shape index (κ2) is 6.31. The number of rotatable bonds is 4. The molecule has 0 bridgehead atoms. The fraction of sp³-hybridized carbons (Fsp3) is 0.222. The molecule has 1 amide bonds. The van der Waals surface area contributed by atoms with Crippen molar-refractivity contribution in [2.24, 2.45) is 0 Å². The van der Waals surface area contributed by atoms with Crippen LogP contribution in [0.4, 0.5) is 5.69 Å². The van der Waals surface area contributed by atoms with Crippen LogP contribution >= 0.6 is 27.5 Å². The van der Waals surface area contributed by atoms with E-state index >= 15 is 0 Å². The first-order valence-corrected chi connectivity index (χ1v) is 8.67. The van der Waals surface area contributed by atoms with E-state index in [1.165, 1.54) is 4.90 Å². The van der Waals surface area contributed by atoms with Gasteiger partial charge in [0.1, 0.15) is 0 Å². The Morgan fingerprint density at radius 1 is 1.25 bits per heavy atom. The Hall–Kier alpha value is -1.69. The van der Waals surface area contributed by atoms with E-state index in [0.717, 1.165) is 4.47 Å². The summed E-state index contributed by atoms with van der Waals surface area (Å²) in [6.07, 6.45) is -0.312. The van der Waals surface area contributed by atoms with Crippen molar-refractivity contribution in [1.29, 1.82) is 0 Å². The van der Waals surface area contributed by atoms with E-state index in [1.54, 1.807) is 36.4 Å². The fourth-order valence-electron chi connectivity index (χ4n) is 2.98. The Kier molecular flexibility index (Phi) is 4.51. The van der Waals surface area contributed by atoms with E-state index in [1.807, 2.05) is 13.0 Å². The lowest BCUT2D eigenvalue weighted by Crippen LogP contribution is -2.41. The smallest absolute Gasteiger partial charge is 0.264 e. The summed E-state index contributed by atoms with van der Waals surface area (Å²) in [4.78, 5) is 26.8. The molecule has 4 nitrogen and oxygen atoms in total. The molecular weight excluding hydrogens is 394 g/mol. The number of anilines is 1. The highest BCUT2D eigenvalue weighted by Gasteiger charge is 2.50. The first kappa shape index (κ1) is 17.1. The predicted octanol–water partition coefficient (Wildman–Crippen LogP) is 3.93. The van der Waals surface area contributed by atoms with Crippen LogP contribution in [0.25, 0.3) is 0 Å². The first-order valence-electron chi connectivity index (χ1n) is 7.50. The van der Waals surface area contributed by atoms with Gasteiger partial charge in [-0.1, -0.05) is 27.5 Å². The monoisotopic (exact) mass is 407 g/mol. The van der Waals surface area contributed by atoms with Crippen molar-refractivity contribution in [2.45, 2.75) is 18.9 Å². The summed E-state index contributed by atoms with van der Waals surface area (Å²) in [5.74, 6) is -0.785. The van der Waals surface area contributed by atoms with Crippen LogP contribution in [-0.2, 0) is 10.4 Å². The molecule has 0 aromatic heterocycles. The van der Waals surface area contributed by atoms with Gasteiger partial charge in [0.15, 0.2) is 11.4 Å². The number of carbonyl (C=O) groups is 2. The molecule has 1 aliphatic rings. The maximum absolute atomic E-state index is 12.7. The molecule has 0 aliphatic carbocycles. The van der Waals surface area contributed by atoms with Crippen LogP contribution < -0.4 is 4.90 Å². The normalized spacial score (nSPS) is 19.5. The third-order valence-electron chi connectivity index (χ3n) is 4.19. The highest BCUT2D eigenvalue weighted by molar-refractivity contribution is 9.10. The van der Waals surface area contributed by atoms with E-state index in [9.17, 15) is 14.7 Å². The average Bonchev–Trinajstić information content (AvgIpc) is 2.76. The molecule has 0 radical (unpaired) electrons. The van der Waals surface area contributed by atoms with Crippen LogP contribution in [0.2, 0.25) is 5.02 Å². The Morgan fingerprint density at radius 3 is 2.54 bits per heavy atom. The summed E-state index contributed by atoms with van der Waals surface area (Å²) in [6, 6.07) is 11.7. The lowest BCUT2D eigenvalue weighted by molar-refractivity contribution is -0.135. The summed E-state index contributed by atoms with van der Waals surface area (Å²) in [5.41, 5.74) is -0.360. The molecule has 2 aromatic carbocycles. The summed E-state index contributed by atoms with van der Waals surface area (Å²) in [6.45, 7) is 2.25. The second-order valence-corrected chi connectivity index (χ2v) is 7.03. The number of aliphatic hydroxyl groups is 1. The minimum atomic E-state index is -1.86. The van der Waals surface area contributed by atoms with Crippen LogP contribution in [0.1, 0.15) is 29.3 Å². The highest BCUT2D eigenvalue weighted by Crippen LogP contribution is 2.44. The van der Waals surface area contributed by atoms with Crippen LogP contribution in [0.5, 0.6) is 0 Å². The number of likely N-dealkylation sites (N-methyl/N-ethyl adjacent to an activating group) is 1. The fourth-order valence-corrected chi connectivity index (χ4v) is 3.46. The minimum Gasteiger partial charge on any atom is -0.375 e. The number of hydrogen-bond acceptors (Lipinski definition) is 3. The molecule has 0 unspecified atom stereocenters. The number of hydrogen-bond donors (Lipinski definition) is 1. The second-order valence-electron chi connectivity index (χ2n) is 5.68. The molecule has 3 rings (SSSR count). The third-order valence-corrected chi connectivity index (χ3v) is 4.94. The molecule has 0 fully saturated rings. The lowest BCUT2D eigenvalue weighted by Gasteiger charge is -2.22. The summed E-state index contributed by atoms with van der Waals surface area (Å²) in [7, 11) is 0. The van der Waals surface area contributed by atoms with Crippen LogP contribution in [-0.4, -0.2) is 23.3 Å². The lowest BCUT2D eigenvalue weighted by atomic mass is 9.88. The number of Topliss-reactive ketones (excluding diaryl/α,β-unsaturated/α-hetero) is 1. The zero-order chi connectivity index (χ0) is 17.5. The van der Waals surface area contributed by atoms with Crippen molar-refractivity contribution >= 4 is 44.9 Å². The topological polar surface area (TPSA) is 57.6 Å². The highest BCUT2D eigenvalue weighted by atomic mass is 79.9. The SMILES string of the molecule is CCN1C(=O)[C@@](O)(CC(=O)c2ccc(Cl)cc2)c2cc(Br)ccc21. The molecule has 0 saturated heterocycles. The van der Waals surface area contributed by atoms with Gasteiger partial charge in [-0.2, -0.15) is 0 Å². The van der Waals surface area contributed by atoms with E-state index in [4.69, 9.17) is 11.6 Å². The summed E-state index contributed by atoms with van der Waals surface area (Å²) in [5, 5.41) is 11.6. The van der Waals surface area contributed by atoms with Crippen LogP contribution in [0.15, 0.2) is 46.9 Å². The Morgan fingerprint density at radius 2 is 1.92 bits per heavy atom. The number of amides is 1.